The summed E-state index contributed by atoms with van der Waals surface area (Å²) in [5.74, 6) is 0.0601. The first-order valence-electron chi connectivity index (χ1n) is 9.07. The number of H-pyrrole nitrogens is 1. The van der Waals surface area contributed by atoms with Crippen molar-refractivity contribution in [3.8, 4) is 0 Å². The standard InChI is InChI=1S/C21H23N3OS/c22-21(25)19-18(16-10-4-5-11-17(16)24-19)20(14-7-6-12-23-13-14)26-15-8-2-1-3-9-15/h1-5,8-11,14,20,23-24H,6-7,12-13H2,(H2,22,25). The molecule has 134 valence electrons. The van der Waals surface area contributed by atoms with Crippen LogP contribution in [0.25, 0.3) is 10.9 Å². The molecule has 1 aliphatic heterocycles. The molecule has 4 N–H and O–H groups in total. The van der Waals surface area contributed by atoms with E-state index in [1.807, 2.05) is 36.0 Å². The van der Waals surface area contributed by atoms with Gasteiger partial charge in [-0.2, -0.15) is 0 Å². The van der Waals surface area contributed by atoms with E-state index in [4.69, 9.17) is 5.73 Å². The Kier molecular flexibility index (Phi) is 5.00. The van der Waals surface area contributed by atoms with Gasteiger partial charge in [-0.3, -0.25) is 4.79 Å². The molecule has 2 atom stereocenters. The number of nitrogens with one attached hydrogen (secondary N) is 2. The van der Waals surface area contributed by atoms with Crippen LogP contribution in [0.15, 0.2) is 59.5 Å². The summed E-state index contributed by atoms with van der Waals surface area (Å²) in [5.41, 5.74) is 8.31. The van der Waals surface area contributed by atoms with Gasteiger partial charge in [0.05, 0.1) is 0 Å². The number of primary amides is 1. The number of thioether (sulfide) groups is 1. The summed E-state index contributed by atoms with van der Waals surface area (Å²) < 4.78 is 0. The van der Waals surface area contributed by atoms with Gasteiger partial charge in [0.2, 0.25) is 0 Å². The minimum absolute atomic E-state index is 0.170. The van der Waals surface area contributed by atoms with Gasteiger partial charge in [-0.25, -0.2) is 0 Å². The molecular weight excluding hydrogens is 342 g/mol. The highest BCUT2D eigenvalue weighted by Crippen LogP contribution is 2.46. The van der Waals surface area contributed by atoms with Gasteiger partial charge in [-0.1, -0.05) is 36.4 Å². The predicted molar refractivity (Wildman–Crippen MR) is 107 cm³/mol. The normalized spacial score (nSPS) is 18.7. The molecular formula is C21H23N3OS. The second-order valence-electron chi connectivity index (χ2n) is 6.78. The smallest absolute Gasteiger partial charge is 0.265 e. The zero-order valence-electron chi connectivity index (χ0n) is 14.6. The van der Waals surface area contributed by atoms with Crippen LogP contribution in [0, 0.1) is 5.92 Å². The molecule has 1 aliphatic rings. The molecule has 1 saturated heterocycles. The molecule has 1 fully saturated rings. The summed E-state index contributed by atoms with van der Waals surface area (Å²) >= 11 is 1.83. The predicted octanol–water partition coefficient (Wildman–Crippen LogP) is 4.10. The van der Waals surface area contributed by atoms with Crippen LogP contribution in [0.5, 0.6) is 0 Å². The largest absolute Gasteiger partial charge is 0.364 e. The molecule has 1 aromatic heterocycles. The maximum absolute atomic E-state index is 12.2. The van der Waals surface area contributed by atoms with E-state index in [2.05, 4.69) is 40.6 Å². The number of hydrogen-bond donors (Lipinski definition) is 3. The lowest BCUT2D eigenvalue weighted by molar-refractivity contribution is 0.0995. The summed E-state index contributed by atoms with van der Waals surface area (Å²) in [6.45, 7) is 2.03. The monoisotopic (exact) mass is 365 g/mol. The number of para-hydroxylation sites is 1. The van der Waals surface area contributed by atoms with Crippen LogP contribution in [0.2, 0.25) is 0 Å². The maximum atomic E-state index is 12.2. The third kappa shape index (κ3) is 3.37. The topological polar surface area (TPSA) is 70.9 Å². The highest BCUT2D eigenvalue weighted by Gasteiger charge is 2.31. The zero-order chi connectivity index (χ0) is 17.9. The molecule has 2 heterocycles. The molecule has 1 amide bonds. The van der Waals surface area contributed by atoms with Crippen LogP contribution < -0.4 is 11.1 Å². The number of aromatic nitrogens is 1. The fraction of sp³-hybridized carbons (Fsp3) is 0.286. The molecule has 0 aliphatic carbocycles. The van der Waals surface area contributed by atoms with Crippen LogP contribution in [-0.2, 0) is 0 Å². The van der Waals surface area contributed by atoms with E-state index in [-0.39, 0.29) is 5.25 Å². The summed E-state index contributed by atoms with van der Waals surface area (Å²) in [7, 11) is 0. The van der Waals surface area contributed by atoms with E-state index in [1.54, 1.807) is 0 Å². The van der Waals surface area contributed by atoms with Gasteiger partial charge in [-0.05, 0) is 50.0 Å². The van der Waals surface area contributed by atoms with Crippen molar-refractivity contribution in [2.24, 2.45) is 11.7 Å². The van der Waals surface area contributed by atoms with Crippen LogP contribution in [0.3, 0.4) is 0 Å². The fourth-order valence-electron chi connectivity index (χ4n) is 3.83. The molecule has 5 heteroatoms. The Morgan fingerprint density at radius 1 is 1.12 bits per heavy atom. The van der Waals surface area contributed by atoms with Gasteiger partial charge in [0.25, 0.3) is 5.91 Å². The van der Waals surface area contributed by atoms with E-state index in [9.17, 15) is 4.79 Å². The Morgan fingerprint density at radius 2 is 1.88 bits per heavy atom. The number of hydrogen-bond acceptors (Lipinski definition) is 3. The molecule has 0 bridgehead atoms. The number of benzene rings is 2. The SMILES string of the molecule is NC(=O)c1[nH]c2ccccc2c1C(Sc1ccccc1)C1CCCNC1. The minimum atomic E-state index is -0.390. The highest BCUT2D eigenvalue weighted by molar-refractivity contribution is 7.99. The van der Waals surface area contributed by atoms with Gasteiger partial charge in [0, 0.05) is 26.6 Å². The number of rotatable bonds is 5. The first-order chi connectivity index (χ1) is 12.7. The van der Waals surface area contributed by atoms with Crippen LogP contribution in [0.1, 0.15) is 34.1 Å². The zero-order valence-corrected chi connectivity index (χ0v) is 15.4. The van der Waals surface area contributed by atoms with Crippen molar-refractivity contribution in [3.05, 3.63) is 65.9 Å². The summed E-state index contributed by atoms with van der Waals surface area (Å²) in [4.78, 5) is 16.7. The Hall–Kier alpha value is -2.24. The lowest BCUT2D eigenvalue weighted by Gasteiger charge is -2.31. The van der Waals surface area contributed by atoms with E-state index in [1.165, 1.54) is 4.90 Å². The van der Waals surface area contributed by atoms with Gasteiger partial charge >= 0.3 is 0 Å². The number of piperidine rings is 1. The van der Waals surface area contributed by atoms with Crippen molar-refractivity contribution in [2.45, 2.75) is 23.0 Å². The van der Waals surface area contributed by atoms with Gasteiger partial charge < -0.3 is 16.0 Å². The van der Waals surface area contributed by atoms with Crippen molar-refractivity contribution in [1.82, 2.24) is 10.3 Å². The van der Waals surface area contributed by atoms with Crippen LogP contribution >= 0.6 is 11.8 Å². The Morgan fingerprint density at radius 3 is 2.62 bits per heavy atom. The lowest BCUT2D eigenvalue weighted by Crippen LogP contribution is -2.33. The first kappa shape index (κ1) is 17.2. The number of aromatic amines is 1. The molecule has 3 aromatic rings. The Balaban J connectivity index is 1.84. The first-order valence-corrected chi connectivity index (χ1v) is 9.95. The number of fused-ring (bicyclic) bond motifs is 1. The maximum Gasteiger partial charge on any atom is 0.265 e. The van der Waals surface area contributed by atoms with Gasteiger partial charge in [0.15, 0.2) is 0 Å². The molecule has 0 spiro atoms. The van der Waals surface area contributed by atoms with E-state index >= 15 is 0 Å². The second kappa shape index (κ2) is 7.56. The lowest BCUT2D eigenvalue weighted by atomic mass is 9.90. The van der Waals surface area contributed by atoms with Crippen molar-refractivity contribution in [2.75, 3.05) is 13.1 Å². The summed E-state index contributed by atoms with van der Waals surface area (Å²) in [5, 5.41) is 4.79. The highest BCUT2D eigenvalue weighted by atomic mass is 32.2. The van der Waals surface area contributed by atoms with E-state index in [0.717, 1.165) is 42.4 Å². The molecule has 4 nitrogen and oxygen atoms in total. The quantitative estimate of drug-likeness (QED) is 0.596. The van der Waals surface area contributed by atoms with E-state index in [0.29, 0.717) is 11.6 Å². The summed E-state index contributed by atoms with van der Waals surface area (Å²) in [6, 6.07) is 18.5. The van der Waals surface area contributed by atoms with Crippen LogP contribution in [-0.4, -0.2) is 24.0 Å². The minimum Gasteiger partial charge on any atom is -0.364 e. The number of nitrogens with two attached hydrogens (primary N) is 1. The second-order valence-corrected chi connectivity index (χ2v) is 8.00. The molecule has 0 saturated carbocycles. The molecule has 26 heavy (non-hydrogen) atoms. The van der Waals surface area contributed by atoms with Crippen molar-refractivity contribution < 1.29 is 4.79 Å². The number of carbonyl (C=O) groups is 1. The third-order valence-corrected chi connectivity index (χ3v) is 6.47. The van der Waals surface area contributed by atoms with Gasteiger partial charge in [-0.15, -0.1) is 11.8 Å². The molecule has 2 unspecified atom stereocenters. The third-order valence-electron chi connectivity index (χ3n) is 5.05. The van der Waals surface area contributed by atoms with E-state index < -0.39 is 5.91 Å². The van der Waals surface area contributed by atoms with Crippen molar-refractivity contribution in [1.29, 1.82) is 0 Å². The fourth-order valence-corrected chi connectivity index (χ4v) is 5.22. The Bertz CT molecular complexity index is 900. The molecule has 4 rings (SSSR count). The van der Waals surface area contributed by atoms with Crippen molar-refractivity contribution in [3.63, 3.8) is 0 Å². The Labute approximate surface area is 157 Å². The summed E-state index contributed by atoms with van der Waals surface area (Å²) in [6.07, 6.45) is 2.31. The van der Waals surface area contributed by atoms with Crippen molar-refractivity contribution >= 4 is 28.6 Å². The average Bonchev–Trinajstić information content (AvgIpc) is 3.07. The van der Waals surface area contributed by atoms with Gasteiger partial charge in [0.1, 0.15) is 5.69 Å². The average molecular weight is 366 g/mol. The molecule has 2 aromatic carbocycles. The molecule has 0 radical (unpaired) electrons. The number of amides is 1. The van der Waals surface area contributed by atoms with Crippen LogP contribution in [0.4, 0.5) is 0 Å². The number of carbonyl (C=O) groups excluding carboxylic acids is 1.